The van der Waals surface area contributed by atoms with E-state index in [1.54, 1.807) is 0 Å². The third-order valence-corrected chi connectivity index (χ3v) is 4.82. The molecule has 20 heavy (non-hydrogen) atoms. The Kier molecular flexibility index (Phi) is 4.15. The van der Waals surface area contributed by atoms with Crippen LogP contribution in [-0.4, -0.2) is 48.6 Å². The van der Waals surface area contributed by atoms with Crippen molar-refractivity contribution in [3.05, 3.63) is 22.8 Å². The standard InChI is InChI=1S/C15H23ClN4/c1-11-9-19-7-3-4-12(19)10-20(11)15-6-5-13(16)14(18-15)8-17-2/h5-6,11-12,17H,3-4,7-10H2,1-2H3. The Hall–Kier alpha value is -0.840. The average molecular weight is 295 g/mol. The van der Waals surface area contributed by atoms with E-state index in [4.69, 9.17) is 16.6 Å². The predicted octanol–water partition coefficient (Wildman–Crippen LogP) is 2.13. The molecule has 0 spiro atoms. The summed E-state index contributed by atoms with van der Waals surface area (Å²) in [5.41, 5.74) is 0.938. The van der Waals surface area contributed by atoms with Crippen LogP contribution in [0.1, 0.15) is 25.5 Å². The highest BCUT2D eigenvalue weighted by Crippen LogP contribution is 2.28. The highest BCUT2D eigenvalue weighted by molar-refractivity contribution is 6.31. The lowest BCUT2D eigenvalue weighted by molar-refractivity contribution is 0.202. The van der Waals surface area contributed by atoms with E-state index < -0.39 is 0 Å². The molecule has 4 nitrogen and oxygen atoms in total. The smallest absolute Gasteiger partial charge is 0.129 e. The Morgan fingerprint density at radius 2 is 2.25 bits per heavy atom. The summed E-state index contributed by atoms with van der Waals surface area (Å²) in [4.78, 5) is 9.84. The van der Waals surface area contributed by atoms with Crippen LogP contribution in [0.5, 0.6) is 0 Å². The molecule has 2 unspecified atom stereocenters. The molecule has 1 aromatic rings. The molecule has 3 heterocycles. The second-order valence-corrected chi connectivity index (χ2v) is 6.33. The van der Waals surface area contributed by atoms with Gasteiger partial charge >= 0.3 is 0 Å². The lowest BCUT2D eigenvalue weighted by atomic mass is 10.1. The van der Waals surface area contributed by atoms with Gasteiger partial charge in [0, 0.05) is 31.7 Å². The number of anilines is 1. The van der Waals surface area contributed by atoms with Gasteiger partial charge in [0.15, 0.2) is 0 Å². The number of hydrogen-bond donors (Lipinski definition) is 1. The van der Waals surface area contributed by atoms with Crippen LogP contribution in [0.3, 0.4) is 0 Å². The SMILES string of the molecule is CNCc1nc(N2CC3CCCN3CC2C)ccc1Cl. The Bertz CT molecular complexity index is 479. The zero-order valence-corrected chi connectivity index (χ0v) is 13.0. The van der Waals surface area contributed by atoms with Crippen LogP contribution >= 0.6 is 11.6 Å². The zero-order chi connectivity index (χ0) is 14.1. The molecule has 3 rings (SSSR count). The molecule has 2 fully saturated rings. The Morgan fingerprint density at radius 1 is 1.40 bits per heavy atom. The summed E-state index contributed by atoms with van der Waals surface area (Å²) < 4.78 is 0. The van der Waals surface area contributed by atoms with E-state index in [1.165, 1.54) is 19.4 Å². The van der Waals surface area contributed by atoms with Crippen molar-refractivity contribution in [2.24, 2.45) is 0 Å². The minimum atomic E-state index is 0.514. The van der Waals surface area contributed by atoms with Crippen molar-refractivity contribution in [2.75, 3.05) is 31.6 Å². The van der Waals surface area contributed by atoms with Gasteiger partial charge in [0.05, 0.1) is 10.7 Å². The fourth-order valence-electron chi connectivity index (χ4n) is 3.43. The van der Waals surface area contributed by atoms with Gasteiger partial charge in [-0.25, -0.2) is 4.98 Å². The number of rotatable bonds is 3. The Balaban J connectivity index is 1.82. The van der Waals surface area contributed by atoms with Gasteiger partial charge in [-0.2, -0.15) is 0 Å². The molecule has 2 aliphatic rings. The van der Waals surface area contributed by atoms with Gasteiger partial charge in [0.1, 0.15) is 5.82 Å². The maximum absolute atomic E-state index is 6.21. The van der Waals surface area contributed by atoms with Crippen molar-refractivity contribution in [1.29, 1.82) is 0 Å². The molecule has 0 aromatic carbocycles. The number of piperazine rings is 1. The average Bonchev–Trinajstić information content (AvgIpc) is 2.88. The first-order chi connectivity index (χ1) is 9.69. The Labute approximate surface area is 126 Å². The number of aromatic nitrogens is 1. The van der Waals surface area contributed by atoms with E-state index in [0.717, 1.165) is 29.6 Å². The summed E-state index contributed by atoms with van der Waals surface area (Å²) in [5.74, 6) is 1.07. The number of fused-ring (bicyclic) bond motifs is 1. The second-order valence-electron chi connectivity index (χ2n) is 5.92. The van der Waals surface area contributed by atoms with E-state index in [1.807, 2.05) is 13.1 Å². The highest BCUT2D eigenvalue weighted by Gasteiger charge is 2.34. The van der Waals surface area contributed by atoms with Gasteiger partial charge in [0.25, 0.3) is 0 Å². The van der Waals surface area contributed by atoms with Crippen LogP contribution in [0.2, 0.25) is 5.02 Å². The van der Waals surface area contributed by atoms with Crippen molar-refractivity contribution in [1.82, 2.24) is 15.2 Å². The van der Waals surface area contributed by atoms with Crippen LogP contribution in [0, 0.1) is 0 Å². The first kappa shape index (κ1) is 14.1. The summed E-state index contributed by atoms with van der Waals surface area (Å²) in [6, 6.07) is 5.25. The molecule has 2 atom stereocenters. The minimum absolute atomic E-state index is 0.514. The minimum Gasteiger partial charge on any atom is -0.351 e. The number of nitrogens with one attached hydrogen (secondary N) is 1. The van der Waals surface area contributed by atoms with E-state index >= 15 is 0 Å². The van der Waals surface area contributed by atoms with Gasteiger partial charge in [-0.3, -0.25) is 4.90 Å². The van der Waals surface area contributed by atoms with Crippen LogP contribution in [0.25, 0.3) is 0 Å². The van der Waals surface area contributed by atoms with Crippen molar-refractivity contribution in [3.63, 3.8) is 0 Å². The second kappa shape index (κ2) is 5.88. The molecule has 0 amide bonds. The molecule has 0 aliphatic carbocycles. The van der Waals surface area contributed by atoms with E-state index in [2.05, 4.69) is 28.1 Å². The predicted molar refractivity (Wildman–Crippen MR) is 83.4 cm³/mol. The zero-order valence-electron chi connectivity index (χ0n) is 12.3. The lowest BCUT2D eigenvalue weighted by Gasteiger charge is -2.43. The summed E-state index contributed by atoms with van der Waals surface area (Å²) in [7, 11) is 1.92. The third-order valence-electron chi connectivity index (χ3n) is 4.48. The van der Waals surface area contributed by atoms with Gasteiger partial charge in [0.2, 0.25) is 0 Å². The maximum atomic E-state index is 6.21. The molecule has 1 N–H and O–H groups in total. The number of pyridine rings is 1. The van der Waals surface area contributed by atoms with Crippen molar-refractivity contribution in [3.8, 4) is 0 Å². The molecular formula is C15H23ClN4. The topological polar surface area (TPSA) is 31.4 Å². The molecule has 0 radical (unpaired) electrons. The monoisotopic (exact) mass is 294 g/mol. The summed E-state index contributed by atoms with van der Waals surface area (Å²) in [5, 5.41) is 3.88. The molecule has 2 saturated heterocycles. The number of halogens is 1. The Morgan fingerprint density at radius 3 is 3.05 bits per heavy atom. The van der Waals surface area contributed by atoms with Crippen LogP contribution in [0.4, 0.5) is 5.82 Å². The number of hydrogen-bond acceptors (Lipinski definition) is 4. The molecule has 2 aliphatic heterocycles. The quantitative estimate of drug-likeness (QED) is 0.925. The molecule has 5 heteroatoms. The number of nitrogens with zero attached hydrogens (tertiary/aromatic N) is 3. The molecule has 0 bridgehead atoms. The van der Waals surface area contributed by atoms with Crippen LogP contribution in [0.15, 0.2) is 12.1 Å². The van der Waals surface area contributed by atoms with Crippen molar-refractivity contribution in [2.45, 2.75) is 38.4 Å². The lowest BCUT2D eigenvalue weighted by Crippen LogP contribution is -2.55. The summed E-state index contributed by atoms with van der Waals surface area (Å²) in [6.07, 6.45) is 2.66. The van der Waals surface area contributed by atoms with E-state index in [0.29, 0.717) is 18.6 Å². The molecular weight excluding hydrogens is 272 g/mol. The highest BCUT2D eigenvalue weighted by atomic mass is 35.5. The van der Waals surface area contributed by atoms with Crippen molar-refractivity contribution < 1.29 is 0 Å². The first-order valence-electron chi connectivity index (χ1n) is 7.49. The van der Waals surface area contributed by atoms with E-state index in [-0.39, 0.29) is 0 Å². The summed E-state index contributed by atoms with van der Waals surface area (Å²) >= 11 is 6.21. The van der Waals surface area contributed by atoms with E-state index in [9.17, 15) is 0 Å². The van der Waals surface area contributed by atoms with Gasteiger partial charge < -0.3 is 10.2 Å². The van der Waals surface area contributed by atoms with Gasteiger partial charge in [-0.15, -0.1) is 0 Å². The third kappa shape index (κ3) is 2.65. The molecule has 0 saturated carbocycles. The van der Waals surface area contributed by atoms with Crippen LogP contribution in [-0.2, 0) is 6.54 Å². The fourth-order valence-corrected chi connectivity index (χ4v) is 3.60. The fraction of sp³-hybridized carbons (Fsp3) is 0.667. The van der Waals surface area contributed by atoms with Gasteiger partial charge in [-0.05, 0) is 45.5 Å². The molecule has 1 aromatic heterocycles. The normalized spacial score (nSPS) is 26.9. The van der Waals surface area contributed by atoms with Crippen molar-refractivity contribution >= 4 is 17.4 Å². The summed E-state index contributed by atoms with van der Waals surface area (Å²) in [6.45, 7) is 6.51. The molecule has 110 valence electrons. The maximum Gasteiger partial charge on any atom is 0.129 e. The largest absolute Gasteiger partial charge is 0.351 e. The van der Waals surface area contributed by atoms with Gasteiger partial charge in [-0.1, -0.05) is 11.6 Å². The van der Waals surface area contributed by atoms with Crippen LogP contribution < -0.4 is 10.2 Å². The first-order valence-corrected chi connectivity index (χ1v) is 7.87.